The molecule has 2 rings (SSSR count). The molecule has 7 heteroatoms. The first-order valence-electron chi connectivity index (χ1n) is 4.74. The van der Waals surface area contributed by atoms with Gasteiger partial charge in [-0.05, 0) is 18.2 Å². The molecule has 1 aromatic carbocycles. The second-order valence-corrected chi connectivity index (χ2v) is 4.08. The van der Waals surface area contributed by atoms with E-state index in [2.05, 4.69) is 20.5 Å². The number of carbonyl (C=O) groups excluding carboxylic acids is 1. The summed E-state index contributed by atoms with van der Waals surface area (Å²) in [4.78, 5) is 15.7. The number of benzene rings is 1. The number of aromatic amines is 1. The smallest absolute Gasteiger partial charge is 0.253 e. The van der Waals surface area contributed by atoms with Crippen molar-refractivity contribution in [2.75, 3.05) is 0 Å². The van der Waals surface area contributed by atoms with Crippen molar-refractivity contribution >= 4 is 29.1 Å². The number of rotatable bonds is 3. The summed E-state index contributed by atoms with van der Waals surface area (Å²) in [6.45, 7) is 0.252. The monoisotopic (exact) mass is 270 g/mol. The molecule has 88 valence electrons. The largest absolute Gasteiger partial charge is 0.345 e. The quantitative estimate of drug-likeness (QED) is 0.897. The van der Waals surface area contributed by atoms with E-state index in [4.69, 9.17) is 23.2 Å². The Morgan fingerprint density at radius 2 is 2.24 bits per heavy atom. The van der Waals surface area contributed by atoms with Crippen LogP contribution in [0.15, 0.2) is 24.5 Å². The van der Waals surface area contributed by atoms with Crippen molar-refractivity contribution in [1.29, 1.82) is 0 Å². The van der Waals surface area contributed by atoms with Crippen LogP contribution in [0.25, 0.3) is 0 Å². The summed E-state index contributed by atoms with van der Waals surface area (Å²) in [5.74, 6) is 0.255. The first-order valence-corrected chi connectivity index (χ1v) is 5.50. The number of carbonyl (C=O) groups is 1. The van der Waals surface area contributed by atoms with Gasteiger partial charge in [0.05, 0.1) is 17.1 Å². The molecule has 2 aromatic rings. The minimum Gasteiger partial charge on any atom is -0.345 e. The van der Waals surface area contributed by atoms with Crippen LogP contribution < -0.4 is 5.32 Å². The summed E-state index contributed by atoms with van der Waals surface area (Å²) in [5.41, 5.74) is 0.332. The van der Waals surface area contributed by atoms with Crippen LogP contribution in [-0.2, 0) is 6.54 Å². The van der Waals surface area contributed by atoms with Crippen LogP contribution in [0.4, 0.5) is 0 Å². The lowest BCUT2D eigenvalue weighted by atomic mass is 10.2. The highest BCUT2D eigenvalue weighted by atomic mass is 35.5. The van der Waals surface area contributed by atoms with Crippen LogP contribution >= 0.6 is 23.2 Å². The third-order valence-electron chi connectivity index (χ3n) is 2.05. The molecule has 5 nitrogen and oxygen atoms in total. The molecular weight excluding hydrogens is 263 g/mol. The predicted octanol–water partition coefficient (Wildman–Crippen LogP) is 2.04. The van der Waals surface area contributed by atoms with Gasteiger partial charge in [-0.2, -0.15) is 5.10 Å². The van der Waals surface area contributed by atoms with Crippen molar-refractivity contribution < 1.29 is 4.79 Å². The lowest BCUT2D eigenvalue weighted by molar-refractivity contribution is 0.0950. The van der Waals surface area contributed by atoms with Gasteiger partial charge in [-0.3, -0.25) is 9.89 Å². The van der Waals surface area contributed by atoms with Gasteiger partial charge >= 0.3 is 0 Å². The molecule has 0 radical (unpaired) electrons. The van der Waals surface area contributed by atoms with Gasteiger partial charge in [0, 0.05) is 5.02 Å². The third-order valence-corrected chi connectivity index (χ3v) is 2.62. The minimum atomic E-state index is -0.311. The van der Waals surface area contributed by atoms with E-state index >= 15 is 0 Å². The zero-order chi connectivity index (χ0) is 12.3. The maximum absolute atomic E-state index is 11.8. The average molecular weight is 271 g/mol. The van der Waals surface area contributed by atoms with Crippen LogP contribution in [0.2, 0.25) is 10.0 Å². The van der Waals surface area contributed by atoms with Gasteiger partial charge in [-0.1, -0.05) is 23.2 Å². The summed E-state index contributed by atoms with van der Waals surface area (Å²) < 4.78 is 0. The zero-order valence-electron chi connectivity index (χ0n) is 8.58. The molecule has 17 heavy (non-hydrogen) atoms. The van der Waals surface area contributed by atoms with Crippen molar-refractivity contribution in [3.63, 3.8) is 0 Å². The van der Waals surface area contributed by atoms with Gasteiger partial charge in [-0.25, -0.2) is 4.98 Å². The predicted molar refractivity (Wildman–Crippen MR) is 64.0 cm³/mol. The van der Waals surface area contributed by atoms with Gasteiger partial charge in [0.2, 0.25) is 0 Å². The second-order valence-electron chi connectivity index (χ2n) is 3.24. The molecule has 1 amide bonds. The van der Waals surface area contributed by atoms with Crippen molar-refractivity contribution in [3.8, 4) is 0 Å². The van der Waals surface area contributed by atoms with Crippen molar-refractivity contribution in [3.05, 3.63) is 46.0 Å². The SMILES string of the molecule is O=C(NCc1ncn[nH]1)c1cc(Cl)ccc1Cl. The van der Waals surface area contributed by atoms with Crippen LogP contribution in [-0.4, -0.2) is 21.1 Å². The van der Waals surface area contributed by atoms with Crippen LogP contribution in [0.3, 0.4) is 0 Å². The molecule has 1 aromatic heterocycles. The average Bonchev–Trinajstić information content (AvgIpc) is 2.82. The minimum absolute atomic E-state index is 0.252. The van der Waals surface area contributed by atoms with E-state index in [9.17, 15) is 4.79 Å². The molecule has 2 N–H and O–H groups in total. The zero-order valence-corrected chi connectivity index (χ0v) is 10.1. The molecule has 0 saturated heterocycles. The number of hydrogen-bond donors (Lipinski definition) is 2. The van der Waals surface area contributed by atoms with E-state index in [1.54, 1.807) is 12.1 Å². The van der Waals surface area contributed by atoms with E-state index in [0.29, 0.717) is 21.4 Å². The number of aromatic nitrogens is 3. The first kappa shape index (κ1) is 11.9. The number of nitrogens with zero attached hydrogens (tertiary/aromatic N) is 2. The van der Waals surface area contributed by atoms with Gasteiger partial charge in [0.15, 0.2) is 0 Å². The molecule has 0 aliphatic heterocycles. The number of nitrogens with one attached hydrogen (secondary N) is 2. The molecule has 0 atom stereocenters. The summed E-state index contributed by atoms with van der Waals surface area (Å²) in [5, 5.41) is 9.77. The molecule has 0 spiro atoms. The van der Waals surface area contributed by atoms with Crippen molar-refractivity contribution in [1.82, 2.24) is 20.5 Å². The summed E-state index contributed by atoms with van der Waals surface area (Å²) >= 11 is 11.7. The van der Waals surface area contributed by atoms with Gasteiger partial charge in [0.25, 0.3) is 5.91 Å². The first-order chi connectivity index (χ1) is 8.16. The number of H-pyrrole nitrogens is 1. The van der Waals surface area contributed by atoms with Gasteiger partial charge in [-0.15, -0.1) is 0 Å². The Morgan fingerprint density at radius 1 is 1.41 bits per heavy atom. The Bertz CT molecular complexity index is 527. The maximum Gasteiger partial charge on any atom is 0.253 e. The Morgan fingerprint density at radius 3 is 2.94 bits per heavy atom. The van der Waals surface area contributed by atoms with E-state index in [1.165, 1.54) is 12.4 Å². The van der Waals surface area contributed by atoms with Gasteiger partial charge in [0.1, 0.15) is 12.2 Å². The standard InChI is InChI=1S/C10H8Cl2N4O/c11-6-1-2-8(12)7(3-6)10(17)13-4-9-14-5-15-16-9/h1-3,5H,4H2,(H,13,17)(H,14,15,16). The summed E-state index contributed by atoms with van der Waals surface area (Å²) in [7, 11) is 0. The second kappa shape index (κ2) is 5.16. The Balaban J connectivity index is 2.07. The third kappa shape index (κ3) is 2.95. The highest BCUT2D eigenvalue weighted by Gasteiger charge is 2.11. The molecule has 0 saturated carbocycles. The molecule has 0 bridgehead atoms. The normalized spacial score (nSPS) is 10.2. The fourth-order valence-corrected chi connectivity index (χ4v) is 1.62. The summed E-state index contributed by atoms with van der Waals surface area (Å²) in [6.07, 6.45) is 1.37. The van der Waals surface area contributed by atoms with Crippen molar-refractivity contribution in [2.45, 2.75) is 6.54 Å². The molecular formula is C10H8Cl2N4O. The fourth-order valence-electron chi connectivity index (χ4n) is 1.25. The topological polar surface area (TPSA) is 70.7 Å². The molecule has 0 aliphatic rings. The molecule has 0 aliphatic carbocycles. The van der Waals surface area contributed by atoms with Crippen LogP contribution in [0, 0.1) is 0 Å². The molecule has 1 heterocycles. The number of hydrogen-bond acceptors (Lipinski definition) is 3. The molecule has 0 unspecified atom stereocenters. The van der Waals surface area contributed by atoms with Gasteiger partial charge < -0.3 is 5.32 Å². The Labute approximate surface area is 107 Å². The number of amides is 1. The summed E-state index contributed by atoms with van der Waals surface area (Å²) in [6, 6.07) is 4.71. The van der Waals surface area contributed by atoms with E-state index in [0.717, 1.165) is 0 Å². The Hall–Kier alpha value is -1.59. The van der Waals surface area contributed by atoms with E-state index in [-0.39, 0.29) is 12.5 Å². The van der Waals surface area contributed by atoms with E-state index in [1.807, 2.05) is 0 Å². The molecule has 0 fully saturated rings. The number of halogens is 2. The lowest BCUT2D eigenvalue weighted by Gasteiger charge is -2.05. The van der Waals surface area contributed by atoms with E-state index < -0.39 is 0 Å². The maximum atomic E-state index is 11.8. The highest BCUT2D eigenvalue weighted by molar-refractivity contribution is 6.35. The van der Waals surface area contributed by atoms with Crippen LogP contribution in [0.5, 0.6) is 0 Å². The van der Waals surface area contributed by atoms with Crippen LogP contribution in [0.1, 0.15) is 16.2 Å². The lowest BCUT2D eigenvalue weighted by Crippen LogP contribution is -2.23. The Kier molecular flexibility index (Phi) is 3.61. The van der Waals surface area contributed by atoms with Crippen molar-refractivity contribution in [2.24, 2.45) is 0 Å². The fraction of sp³-hybridized carbons (Fsp3) is 0.100. The highest BCUT2D eigenvalue weighted by Crippen LogP contribution is 2.20.